The van der Waals surface area contributed by atoms with E-state index < -0.39 is 0 Å². The predicted molar refractivity (Wildman–Crippen MR) is 279 cm³/mol. The minimum atomic E-state index is 1.11. The lowest BCUT2D eigenvalue weighted by atomic mass is 10.1. The molecule has 4 heteroatoms. The summed E-state index contributed by atoms with van der Waals surface area (Å²) in [5, 5.41) is 14.8. The Morgan fingerprint density at radius 3 is 1.17 bits per heavy atom. The highest BCUT2D eigenvalue weighted by Crippen LogP contribution is 2.45. The van der Waals surface area contributed by atoms with Gasteiger partial charge < -0.3 is 18.3 Å². The molecule has 4 heterocycles. The molecule has 0 fully saturated rings. The summed E-state index contributed by atoms with van der Waals surface area (Å²) in [5.41, 5.74) is 14.1. The zero-order valence-electron chi connectivity index (χ0n) is 35.7. The van der Waals surface area contributed by atoms with Crippen LogP contribution in [0, 0.1) is 0 Å². The lowest BCUT2D eigenvalue weighted by Gasteiger charge is -2.16. The molecule has 66 heavy (non-hydrogen) atoms. The van der Waals surface area contributed by atoms with Crippen LogP contribution in [0.3, 0.4) is 0 Å². The summed E-state index contributed by atoms with van der Waals surface area (Å²) in [6.07, 6.45) is 0. The molecule has 11 aromatic carbocycles. The Kier molecular flexibility index (Phi) is 7.19. The summed E-state index contributed by atoms with van der Waals surface area (Å²) < 4.78 is 10.0. The fourth-order valence-corrected chi connectivity index (χ4v) is 11.6. The standard InChI is InChI=1S/C62H38N4/c1-3-22-43-39(16-1)18-13-32-52(43)65-57-31-12-8-27-51(57)59-58(65)37-36-48-45-24-5-9-28-54(45)63(60(48)59)41-20-15-21-42(38-41)64-55-29-10-6-25-46(55)49-34-35-50-47-26-7-11-30-56(47)66(62(50)61(49)64)53-33-14-19-40-17-2-4-23-44(40)53/h1-38H. The van der Waals surface area contributed by atoms with E-state index in [9.17, 15) is 0 Å². The number of hydrogen-bond acceptors (Lipinski definition) is 0. The van der Waals surface area contributed by atoms with Crippen LogP contribution in [0.1, 0.15) is 0 Å². The van der Waals surface area contributed by atoms with Gasteiger partial charge in [-0.1, -0.05) is 170 Å². The van der Waals surface area contributed by atoms with Crippen molar-refractivity contribution in [2.75, 3.05) is 0 Å². The average Bonchev–Trinajstić information content (AvgIpc) is 4.11. The molecule has 0 aliphatic heterocycles. The number of fused-ring (bicyclic) bond motifs is 16. The van der Waals surface area contributed by atoms with Crippen molar-refractivity contribution >= 4 is 109 Å². The molecule has 0 radical (unpaired) electrons. The largest absolute Gasteiger partial charge is 0.309 e. The van der Waals surface area contributed by atoms with Crippen molar-refractivity contribution in [1.29, 1.82) is 0 Å². The summed E-state index contributed by atoms with van der Waals surface area (Å²) in [5.74, 6) is 0. The van der Waals surface area contributed by atoms with Gasteiger partial charge in [-0.25, -0.2) is 0 Å². The van der Waals surface area contributed by atoms with Crippen LogP contribution in [-0.4, -0.2) is 18.3 Å². The fraction of sp³-hybridized carbons (Fsp3) is 0. The minimum absolute atomic E-state index is 1.11. The van der Waals surface area contributed by atoms with Gasteiger partial charge in [0.05, 0.1) is 55.5 Å². The number of hydrogen-bond donors (Lipinski definition) is 0. The second-order valence-corrected chi connectivity index (χ2v) is 17.6. The average molecular weight is 839 g/mol. The summed E-state index contributed by atoms with van der Waals surface area (Å²) in [6.45, 7) is 0. The quantitative estimate of drug-likeness (QED) is 0.168. The van der Waals surface area contributed by atoms with Gasteiger partial charge in [0, 0.05) is 65.2 Å². The van der Waals surface area contributed by atoms with Crippen LogP contribution in [-0.2, 0) is 0 Å². The highest BCUT2D eigenvalue weighted by atomic mass is 15.1. The molecule has 15 rings (SSSR count). The molecule has 0 N–H and O–H groups in total. The Morgan fingerprint density at radius 1 is 0.212 bits per heavy atom. The molecule has 0 aliphatic carbocycles. The van der Waals surface area contributed by atoms with Gasteiger partial charge in [0.2, 0.25) is 0 Å². The van der Waals surface area contributed by atoms with Crippen molar-refractivity contribution in [2.45, 2.75) is 0 Å². The van der Waals surface area contributed by atoms with Gasteiger partial charge in [0.15, 0.2) is 0 Å². The lowest BCUT2D eigenvalue weighted by Crippen LogP contribution is -2.01. The lowest BCUT2D eigenvalue weighted by molar-refractivity contribution is 1.13. The van der Waals surface area contributed by atoms with Gasteiger partial charge in [-0.2, -0.15) is 0 Å². The molecule has 0 amide bonds. The first-order chi connectivity index (χ1) is 32.8. The maximum atomic E-state index is 2.52. The predicted octanol–water partition coefficient (Wildman–Crippen LogP) is 16.4. The van der Waals surface area contributed by atoms with Crippen LogP contribution < -0.4 is 0 Å². The second-order valence-electron chi connectivity index (χ2n) is 17.6. The molecule has 0 aliphatic rings. The van der Waals surface area contributed by atoms with Gasteiger partial charge in [0.25, 0.3) is 0 Å². The number of nitrogens with zero attached hydrogens (tertiary/aromatic N) is 4. The molecular formula is C62H38N4. The van der Waals surface area contributed by atoms with Gasteiger partial charge in [-0.05, 0) is 71.4 Å². The molecule has 0 saturated carbocycles. The van der Waals surface area contributed by atoms with Crippen LogP contribution in [0.2, 0.25) is 0 Å². The van der Waals surface area contributed by atoms with Crippen LogP contribution >= 0.6 is 0 Å². The van der Waals surface area contributed by atoms with E-state index >= 15 is 0 Å². The normalized spacial score (nSPS) is 12.2. The Bertz CT molecular complexity index is 4520. The molecular weight excluding hydrogens is 801 g/mol. The van der Waals surface area contributed by atoms with Gasteiger partial charge in [-0.3, -0.25) is 0 Å². The molecule has 0 saturated heterocycles. The maximum absolute atomic E-state index is 2.52. The minimum Gasteiger partial charge on any atom is -0.309 e. The van der Waals surface area contributed by atoms with E-state index in [2.05, 4.69) is 249 Å². The highest BCUT2D eigenvalue weighted by molar-refractivity contribution is 6.27. The third-order valence-electron chi connectivity index (χ3n) is 14.3. The number of rotatable bonds is 4. The van der Waals surface area contributed by atoms with Crippen molar-refractivity contribution in [2.24, 2.45) is 0 Å². The number of aromatic nitrogens is 4. The smallest absolute Gasteiger partial charge is 0.0789 e. The van der Waals surface area contributed by atoms with E-state index in [1.807, 2.05) is 0 Å². The Morgan fingerprint density at radius 2 is 0.591 bits per heavy atom. The molecule has 306 valence electrons. The van der Waals surface area contributed by atoms with Crippen molar-refractivity contribution in [3.05, 3.63) is 231 Å². The highest BCUT2D eigenvalue weighted by Gasteiger charge is 2.24. The number of para-hydroxylation sites is 4. The van der Waals surface area contributed by atoms with Crippen LogP contribution in [0.15, 0.2) is 231 Å². The Hall–Kier alpha value is -8.86. The topological polar surface area (TPSA) is 19.7 Å². The van der Waals surface area contributed by atoms with Crippen molar-refractivity contribution in [3.63, 3.8) is 0 Å². The van der Waals surface area contributed by atoms with Crippen LogP contribution in [0.25, 0.3) is 132 Å². The molecule has 0 atom stereocenters. The zero-order valence-corrected chi connectivity index (χ0v) is 35.7. The zero-order chi connectivity index (χ0) is 43.0. The summed E-state index contributed by atoms with van der Waals surface area (Å²) in [4.78, 5) is 0. The summed E-state index contributed by atoms with van der Waals surface area (Å²) in [7, 11) is 0. The third-order valence-corrected chi connectivity index (χ3v) is 14.3. The molecule has 4 aromatic heterocycles. The molecule has 4 nitrogen and oxygen atoms in total. The van der Waals surface area contributed by atoms with Crippen LogP contribution in [0.4, 0.5) is 0 Å². The van der Waals surface area contributed by atoms with E-state index in [0.717, 1.165) is 11.4 Å². The van der Waals surface area contributed by atoms with E-state index in [1.165, 1.54) is 120 Å². The first kappa shape index (κ1) is 35.6. The van der Waals surface area contributed by atoms with Gasteiger partial charge in [0.1, 0.15) is 0 Å². The second kappa shape index (κ2) is 13.3. The molecule has 15 aromatic rings. The first-order valence-corrected chi connectivity index (χ1v) is 22.8. The van der Waals surface area contributed by atoms with Crippen molar-refractivity contribution in [1.82, 2.24) is 18.3 Å². The van der Waals surface area contributed by atoms with E-state index in [4.69, 9.17) is 0 Å². The molecule has 0 unspecified atom stereocenters. The van der Waals surface area contributed by atoms with E-state index in [-0.39, 0.29) is 0 Å². The van der Waals surface area contributed by atoms with Crippen LogP contribution in [0.5, 0.6) is 0 Å². The monoisotopic (exact) mass is 838 g/mol. The third kappa shape index (κ3) is 4.72. The maximum Gasteiger partial charge on any atom is 0.0789 e. The fourth-order valence-electron chi connectivity index (χ4n) is 11.6. The molecule has 0 bridgehead atoms. The molecule has 0 spiro atoms. The summed E-state index contributed by atoms with van der Waals surface area (Å²) >= 11 is 0. The van der Waals surface area contributed by atoms with Gasteiger partial charge >= 0.3 is 0 Å². The van der Waals surface area contributed by atoms with Crippen molar-refractivity contribution in [3.8, 4) is 22.7 Å². The van der Waals surface area contributed by atoms with Gasteiger partial charge in [-0.15, -0.1) is 0 Å². The van der Waals surface area contributed by atoms with E-state index in [0.29, 0.717) is 0 Å². The van der Waals surface area contributed by atoms with E-state index in [1.54, 1.807) is 0 Å². The Labute approximate surface area is 378 Å². The Balaban J connectivity index is 1.06. The summed E-state index contributed by atoms with van der Waals surface area (Å²) in [6, 6.07) is 85.1. The number of benzene rings is 11. The SMILES string of the molecule is c1cc(-n2c3ccccc3c3ccc4c(c5ccccc5n4-c4cccc5ccccc45)c32)cc(-n2c3ccccc3c3ccc4c5ccccc5n(-c5cccc6ccccc56)c4c32)c1. The van der Waals surface area contributed by atoms with Crippen molar-refractivity contribution < 1.29 is 0 Å². The first-order valence-electron chi connectivity index (χ1n) is 22.8.